The standard InChI is InChI=1S/C18H37O3Si2.3C4H9.Sn/c1-14-16(21-23(10,11)18(5,6)7)15(12-13-19-14)20-22(8,9)17(2,3)4;3*1-3-4-2;/h12,14-16H,1-11H3;3*1,3-4H2,2H3;/t14-,15-,16-;;;;/m0..../s1. The van der Waals surface area contributed by atoms with Crippen molar-refractivity contribution in [1.82, 2.24) is 0 Å². The van der Waals surface area contributed by atoms with Gasteiger partial charge in [0.25, 0.3) is 0 Å². The molecule has 6 heteroatoms. The Labute approximate surface area is 233 Å². The van der Waals surface area contributed by atoms with Crippen LogP contribution in [-0.2, 0) is 13.6 Å². The number of hydrogen-bond donors (Lipinski definition) is 0. The van der Waals surface area contributed by atoms with E-state index in [4.69, 9.17) is 13.6 Å². The Balaban J connectivity index is 3.62. The zero-order chi connectivity index (χ0) is 28.0. The van der Waals surface area contributed by atoms with Crippen LogP contribution >= 0.6 is 0 Å². The molecular weight excluding hydrogens is 583 g/mol. The van der Waals surface area contributed by atoms with Crippen LogP contribution in [0.3, 0.4) is 0 Å². The van der Waals surface area contributed by atoms with Crippen molar-refractivity contribution in [2.75, 3.05) is 0 Å². The first-order chi connectivity index (χ1) is 16.4. The SMILES string of the molecule is CCC[CH2][Sn]([CH2]CCC)([CH2]CCC)[C]1=C[C@H](O[Si](C)(C)C(C)(C)C)[C@@H](O[Si](C)(C)C(C)(C)C)[C@H](C)O1. The summed E-state index contributed by atoms with van der Waals surface area (Å²) in [6.07, 6.45) is 10.4. The second-order valence-corrected chi connectivity index (χ2v) is 37.1. The van der Waals surface area contributed by atoms with E-state index >= 15 is 0 Å². The Kier molecular flexibility index (Phi) is 13.4. The molecule has 0 spiro atoms. The zero-order valence-electron chi connectivity index (χ0n) is 26.9. The summed E-state index contributed by atoms with van der Waals surface area (Å²) in [5.41, 5.74) is 0. The molecule has 0 saturated carbocycles. The monoisotopic (exact) mass is 648 g/mol. The van der Waals surface area contributed by atoms with Gasteiger partial charge in [0.15, 0.2) is 0 Å². The topological polar surface area (TPSA) is 27.7 Å². The van der Waals surface area contributed by atoms with Gasteiger partial charge < -0.3 is 0 Å². The molecule has 0 N–H and O–H groups in total. The summed E-state index contributed by atoms with van der Waals surface area (Å²) in [5.74, 6) is 0. The molecule has 0 aliphatic carbocycles. The number of unbranched alkanes of at least 4 members (excludes halogenated alkanes) is 3. The molecule has 1 aliphatic heterocycles. The van der Waals surface area contributed by atoms with Crippen molar-refractivity contribution >= 4 is 35.0 Å². The molecule has 0 aromatic heterocycles. The predicted octanol–water partition coefficient (Wildman–Crippen LogP) is 10.5. The fourth-order valence-corrected chi connectivity index (χ4v) is 23.1. The van der Waals surface area contributed by atoms with Gasteiger partial charge in [-0.3, -0.25) is 0 Å². The van der Waals surface area contributed by atoms with Gasteiger partial charge >= 0.3 is 234 Å². The van der Waals surface area contributed by atoms with E-state index in [9.17, 15) is 0 Å². The molecule has 0 aromatic carbocycles. The Morgan fingerprint density at radius 3 is 1.50 bits per heavy atom. The summed E-state index contributed by atoms with van der Waals surface area (Å²) >= 11 is -2.72. The van der Waals surface area contributed by atoms with Gasteiger partial charge in [-0.1, -0.05) is 0 Å². The summed E-state index contributed by atoms with van der Waals surface area (Å²) in [4.78, 5) is 0. The molecule has 0 bridgehead atoms. The first-order valence-corrected chi connectivity index (χ1v) is 28.4. The van der Waals surface area contributed by atoms with Gasteiger partial charge in [-0.05, 0) is 0 Å². The van der Waals surface area contributed by atoms with Crippen molar-refractivity contribution in [2.24, 2.45) is 0 Å². The molecule has 3 atom stereocenters. The van der Waals surface area contributed by atoms with E-state index in [2.05, 4.69) is 102 Å². The molecule has 1 heterocycles. The molecule has 214 valence electrons. The molecule has 0 saturated heterocycles. The van der Waals surface area contributed by atoms with Gasteiger partial charge in [-0.15, -0.1) is 0 Å². The van der Waals surface area contributed by atoms with E-state index in [1.54, 1.807) is 0 Å². The third-order valence-electron chi connectivity index (χ3n) is 9.44. The maximum absolute atomic E-state index is 7.24. The molecule has 0 amide bonds. The summed E-state index contributed by atoms with van der Waals surface area (Å²) in [6.45, 7) is 32.9. The second kappa shape index (κ2) is 13.9. The molecule has 0 aromatic rings. The van der Waals surface area contributed by atoms with E-state index in [0.717, 1.165) is 0 Å². The maximum atomic E-state index is 7.24. The van der Waals surface area contributed by atoms with E-state index < -0.39 is 35.0 Å². The van der Waals surface area contributed by atoms with Crippen LogP contribution in [0, 0.1) is 0 Å². The average molecular weight is 648 g/mol. The van der Waals surface area contributed by atoms with Gasteiger partial charge in [0.2, 0.25) is 0 Å². The quantitative estimate of drug-likeness (QED) is 0.176. The van der Waals surface area contributed by atoms with Crippen LogP contribution in [-0.4, -0.2) is 53.3 Å². The van der Waals surface area contributed by atoms with Crippen LogP contribution in [0.1, 0.15) is 108 Å². The third-order valence-corrected chi connectivity index (χ3v) is 33.4. The first-order valence-electron chi connectivity index (χ1n) is 15.1. The first kappa shape index (κ1) is 34.7. The average Bonchev–Trinajstić information content (AvgIpc) is 2.74. The Morgan fingerprint density at radius 2 is 1.14 bits per heavy atom. The Hall–Kier alpha value is 0.692. The molecule has 0 fully saturated rings. The number of hydrogen-bond acceptors (Lipinski definition) is 3. The Morgan fingerprint density at radius 1 is 0.750 bits per heavy atom. The van der Waals surface area contributed by atoms with Crippen molar-refractivity contribution < 1.29 is 13.6 Å². The normalized spacial score (nSPS) is 22.4. The number of rotatable bonds is 14. The van der Waals surface area contributed by atoms with Gasteiger partial charge in [-0.2, -0.15) is 0 Å². The van der Waals surface area contributed by atoms with Crippen LogP contribution in [0.4, 0.5) is 0 Å². The summed E-state index contributed by atoms with van der Waals surface area (Å²) in [5, 5.41) is 0.321. The van der Waals surface area contributed by atoms with Crippen LogP contribution < -0.4 is 0 Å². The van der Waals surface area contributed by atoms with Gasteiger partial charge in [0, 0.05) is 0 Å². The Bertz CT molecular complexity index is 670. The van der Waals surface area contributed by atoms with Crippen molar-refractivity contribution in [3.8, 4) is 0 Å². The second-order valence-electron chi connectivity index (χ2n) is 14.6. The molecule has 3 nitrogen and oxygen atoms in total. The predicted molar refractivity (Wildman–Crippen MR) is 168 cm³/mol. The van der Waals surface area contributed by atoms with Crippen molar-refractivity contribution in [3.63, 3.8) is 0 Å². The van der Waals surface area contributed by atoms with Crippen molar-refractivity contribution in [3.05, 3.63) is 9.85 Å². The van der Waals surface area contributed by atoms with E-state index in [1.807, 2.05) is 0 Å². The van der Waals surface area contributed by atoms with Gasteiger partial charge in [-0.25, -0.2) is 0 Å². The molecule has 1 aliphatic rings. The van der Waals surface area contributed by atoms with Crippen LogP contribution in [0.5, 0.6) is 0 Å². The third kappa shape index (κ3) is 9.13. The summed E-state index contributed by atoms with van der Waals surface area (Å²) < 4.78 is 27.1. The van der Waals surface area contributed by atoms with Gasteiger partial charge in [0.05, 0.1) is 0 Å². The minimum absolute atomic E-state index is 0.000258. The zero-order valence-corrected chi connectivity index (χ0v) is 31.8. The molecule has 0 radical (unpaired) electrons. The summed E-state index contributed by atoms with van der Waals surface area (Å²) in [6, 6.07) is 0. The van der Waals surface area contributed by atoms with Crippen molar-refractivity contribution in [1.29, 1.82) is 0 Å². The molecule has 1 rings (SSSR count). The molecule has 0 unspecified atom stereocenters. The fourth-order valence-electron chi connectivity index (χ4n) is 4.71. The molecular formula is C30H64O3Si2Sn. The summed E-state index contributed by atoms with van der Waals surface area (Å²) in [7, 11) is -3.98. The van der Waals surface area contributed by atoms with Gasteiger partial charge in [0.1, 0.15) is 0 Å². The van der Waals surface area contributed by atoms with E-state index in [0.29, 0.717) is 0 Å². The molecule has 36 heavy (non-hydrogen) atoms. The fraction of sp³-hybridized carbons (Fsp3) is 0.933. The van der Waals surface area contributed by atoms with Crippen molar-refractivity contribution in [2.45, 2.75) is 176 Å². The van der Waals surface area contributed by atoms with Crippen LogP contribution in [0.25, 0.3) is 0 Å². The van der Waals surface area contributed by atoms with E-state index in [-0.39, 0.29) is 28.4 Å². The minimum atomic E-state index is -2.72. The van der Waals surface area contributed by atoms with E-state index in [1.165, 1.54) is 55.6 Å². The van der Waals surface area contributed by atoms with Crippen LogP contribution in [0.2, 0.25) is 49.6 Å². The van der Waals surface area contributed by atoms with Crippen LogP contribution in [0.15, 0.2) is 9.85 Å². The number of ether oxygens (including phenoxy) is 1.